The molecule has 0 aliphatic carbocycles. The Morgan fingerprint density at radius 1 is 0.905 bits per heavy atom. The first-order chi connectivity index (χ1) is 20.2. The molecule has 2 aliphatic rings. The highest BCUT2D eigenvalue weighted by atomic mass is 16.4. The zero-order valence-corrected chi connectivity index (χ0v) is 23.8. The van der Waals surface area contributed by atoms with Crippen molar-refractivity contribution in [3.8, 4) is 0 Å². The van der Waals surface area contributed by atoms with Crippen molar-refractivity contribution < 1.29 is 24.3 Å². The molecule has 2 saturated heterocycles. The van der Waals surface area contributed by atoms with Crippen LogP contribution in [0.5, 0.6) is 0 Å². The zero-order valence-electron chi connectivity index (χ0n) is 23.8. The fourth-order valence-electron chi connectivity index (χ4n) is 4.80. The number of likely N-dealkylation sites (tertiary alicyclic amines) is 2. The molecule has 6 heterocycles. The number of aromatic nitrogens is 6. The average molecular weight is 576 g/mol. The van der Waals surface area contributed by atoms with E-state index in [1.165, 1.54) is 28.8 Å². The molecule has 2 aliphatic heterocycles. The second-order valence-corrected chi connectivity index (χ2v) is 10.3. The van der Waals surface area contributed by atoms with Crippen LogP contribution in [0.4, 0.5) is 0 Å². The van der Waals surface area contributed by atoms with Crippen LogP contribution in [0, 0.1) is 6.92 Å². The van der Waals surface area contributed by atoms with Gasteiger partial charge in [-0.1, -0.05) is 6.07 Å². The van der Waals surface area contributed by atoms with Crippen LogP contribution in [0.1, 0.15) is 65.8 Å². The third-order valence-electron chi connectivity index (χ3n) is 7.44. The molecule has 0 spiro atoms. The van der Waals surface area contributed by atoms with Gasteiger partial charge in [-0.05, 0) is 31.4 Å². The van der Waals surface area contributed by atoms with Gasteiger partial charge in [0.2, 0.25) is 0 Å². The number of imidazole rings is 1. The summed E-state index contributed by atoms with van der Waals surface area (Å²) < 4.78 is 4.64. The Morgan fingerprint density at radius 3 is 2.00 bits per heavy atom. The van der Waals surface area contributed by atoms with Crippen LogP contribution in [-0.2, 0) is 20.5 Å². The van der Waals surface area contributed by atoms with Gasteiger partial charge in [-0.2, -0.15) is 10.2 Å². The number of aromatic carboxylic acids is 1. The summed E-state index contributed by atoms with van der Waals surface area (Å²) in [5.74, 6) is -1.79. The lowest BCUT2D eigenvalue weighted by atomic mass is 10.1. The lowest BCUT2D eigenvalue weighted by molar-refractivity contribution is 0.0621. The monoisotopic (exact) mass is 575 g/mol. The maximum absolute atomic E-state index is 12.6. The van der Waals surface area contributed by atoms with E-state index in [9.17, 15) is 19.2 Å². The first-order valence-corrected chi connectivity index (χ1v) is 13.7. The summed E-state index contributed by atoms with van der Waals surface area (Å²) in [6, 6.07) is 4.00. The normalized spacial score (nSPS) is 14.1. The zero-order chi connectivity index (χ0) is 30.0. The van der Waals surface area contributed by atoms with Gasteiger partial charge in [0.05, 0.1) is 29.2 Å². The van der Waals surface area contributed by atoms with Gasteiger partial charge in [-0.25, -0.2) is 9.78 Å². The lowest BCUT2D eigenvalue weighted by Crippen LogP contribution is -2.43. The molecular formula is C28H33N9O5. The van der Waals surface area contributed by atoms with Gasteiger partial charge in [0.15, 0.2) is 5.69 Å². The van der Waals surface area contributed by atoms with E-state index < -0.39 is 5.97 Å². The van der Waals surface area contributed by atoms with Crippen molar-refractivity contribution in [1.29, 1.82) is 0 Å². The Morgan fingerprint density at radius 2 is 1.48 bits per heavy atom. The summed E-state index contributed by atoms with van der Waals surface area (Å²) in [5.41, 5.74) is 3.73. The van der Waals surface area contributed by atoms with E-state index in [2.05, 4.69) is 20.5 Å². The van der Waals surface area contributed by atoms with Gasteiger partial charge in [0.25, 0.3) is 17.7 Å². The number of nitrogens with zero attached hydrogens (tertiary/aromatic N) is 8. The minimum absolute atomic E-state index is 0.0492. The molecule has 42 heavy (non-hydrogen) atoms. The van der Waals surface area contributed by atoms with E-state index in [1.54, 1.807) is 16.8 Å². The summed E-state index contributed by atoms with van der Waals surface area (Å²) in [6.45, 7) is 5.33. The molecule has 14 nitrogen and oxygen atoms in total. The number of amides is 3. The Kier molecular flexibility index (Phi) is 8.04. The number of pyridine rings is 1. The van der Waals surface area contributed by atoms with Crippen LogP contribution >= 0.6 is 0 Å². The summed E-state index contributed by atoms with van der Waals surface area (Å²) in [7, 11) is 3.18. The van der Waals surface area contributed by atoms with E-state index in [-0.39, 0.29) is 29.0 Å². The van der Waals surface area contributed by atoms with Crippen molar-refractivity contribution in [3.63, 3.8) is 0 Å². The van der Waals surface area contributed by atoms with Gasteiger partial charge in [0.1, 0.15) is 11.3 Å². The molecule has 0 atom stereocenters. The molecule has 4 aromatic rings. The van der Waals surface area contributed by atoms with Crippen molar-refractivity contribution in [3.05, 3.63) is 70.7 Å². The molecule has 220 valence electrons. The van der Waals surface area contributed by atoms with Crippen LogP contribution in [0.15, 0.2) is 36.9 Å². The van der Waals surface area contributed by atoms with Crippen molar-refractivity contribution in [1.82, 2.24) is 44.1 Å². The van der Waals surface area contributed by atoms with Gasteiger partial charge < -0.3 is 24.6 Å². The first-order valence-electron chi connectivity index (χ1n) is 13.7. The number of hydrogen-bond donors (Lipinski definition) is 2. The van der Waals surface area contributed by atoms with Crippen LogP contribution in [0.2, 0.25) is 0 Å². The summed E-state index contributed by atoms with van der Waals surface area (Å²) in [6.07, 6.45) is 9.31. The number of nitrogens with one attached hydrogen (secondary N) is 1. The fraction of sp³-hybridized carbons (Fsp3) is 0.393. The molecular weight excluding hydrogens is 542 g/mol. The maximum Gasteiger partial charge on any atom is 0.354 e. The molecule has 14 heteroatoms. The Labute approximate surface area is 241 Å². The summed E-state index contributed by atoms with van der Waals surface area (Å²) in [5, 5.41) is 19.7. The smallest absolute Gasteiger partial charge is 0.354 e. The minimum Gasteiger partial charge on any atom is -0.477 e. The average Bonchev–Trinajstić information content (AvgIpc) is 3.59. The third-order valence-corrected chi connectivity index (χ3v) is 7.44. The van der Waals surface area contributed by atoms with Gasteiger partial charge in [0, 0.05) is 65.6 Å². The van der Waals surface area contributed by atoms with E-state index in [4.69, 9.17) is 5.11 Å². The van der Waals surface area contributed by atoms with E-state index in [1.807, 2.05) is 35.9 Å². The second-order valence-electron chi connectivity index (χ2n) is 10.3. The molecule has 0 aromatic carbocycles. The molecule has 0 unspecified atom stereocenters. The third kappa shape index (κ3) is 5.60. The molecule has 4 aromatic heterocycles. The molecule has 0 saturated carbocycles. The van der Waals surface area contributed by atoms with Gasteiger partial charge in [-0.15, -0.1) is 0 Å². The minimum atomic E-state index is -1.13. The number of rotatable bonds is 7. The van der Waals surface area contributed by atoms with Crippen LogP contribution in [0.3, 0.4) is 0 Å². The molecule has 0 bridgehead atoms. The number of carboxylic acid groups (broad SMARTS) is 1. The summed E-state index contributed by atoms with van der Waals surface area (Å²) in [4.78, 5) is 55.7. The highest BCUT2D eigenvalue weighted by Crippen LogP contribution is 2.17. The van der Waals surface area contributed by atoms with Gasteiger partial charge >= 0.3 is 5.97 Å². The second kappa shape index (κ2) is 11.8. The molecule has 0 radical (unpaired) electrons. The highest BCUT2D eigenvalue weighted by molar-refractivity contribution is 6.06. The SMILES string of the molecule is Cc1cccn2cc(CCNC(=O)c3c(C(=O)N4CCC4)cnn3C)nc12.Cn1ncc(C(=O)N2CCC2)c1C(=O)O. The van der Waals surface area contributed by atoms with Crippen molar-refractivity contribution in [2.45, 2.75) is 26.2 Å². The number of carbonyl (C=O) groups excluding carboxylic acids is 3. The van der Waals surface area contributed by atoms with Crippen molar-refractivity contribution in [2.24, 2.45) is 14.1 Å². The lowest BCUT2D eigenvalue weighted by Gasteiger charge is -2.30. The predicted octanol–water partition coefficient (Wildman–Crippen LogP) is 1.16. The molecule has 6 rings (SSSR count). The fourth-order valence-corrected chi connectivity index (χ4v) is 4.80. The largest absolute Gasteiger partial charge is 0.477 e. The Bertz CT molecular complexity index is 1660. The molecule has 3 amide bonds. The van der Waals surface area contributed by atoms with Crippen LogP contribution in [-0.4, -0.2) is 100 Å². The number of aryl methyl sites for hydroxylation is 3. The van der Waals surface area contributed by atoms with E-state index in [0.29, 0.717) is 37.3 Å². The molecule has 2 fully saturated rings. The number of hydrogen-bond acceptors (Lipinski definition) is 7. The van der Waals surface area contributed by atoms with Gasteiger partial charge in [-0.3, -0.25) is 23.7 Å². The maximum atomic E-state index is 12.6. The quantitative estimate of drug-likeness (QED) is 0.332. The highest BCUT2D eigenvalue weighted by Gasteiger charge is 2.29. The van der Waals surface area contributed by atoms with E-state index in [0.717, 1.165) is 42.8 Å². The number of carbonyl (C=O) groups is 4. The van der Waals surface area contributed by atoms with Crippen molar-refractivity contribution >= 4 is 29.3 Å². The Hall–Kier alpha value is -5.01. The predicted molar refractivity (Wildman–Crippen MR) is 150 cm³/mol. The van der Waals surface area contributed by atoms with Crippen molar-refractivity contribution in [2.75, 3.05) is 32.7 Å². The topological polar surface area (TPSA) is 160 Å². The molecule has 2 N–H and O–H groups in total. The standard InChI is InChI=1S/C19H22N6O2.C9H11N3O3/c1-13-5-3-8-25-12-14(22-17(13)25)6-7-20-18(26)16-15(11-21-23(16)2)19(27)24-9-4-10-24;1-11-7(9(14)15)6(5-10-11)8(13)12-3-2-4-12/h3,5,8,11-12H,4,6-7,9-10H2,1-2H3,(H,20,26);5H,2-4H2,1H3,(H,14,15). The summed E-state index contributed by atoms with van der Waals surface area (Å²) >= 11 is 0. The van der Waals surface area contributed by atoms with E-state index >= 15 is 0 Å². The Balaban J connectivity index is 0.000000199. The number of carboxylic acids is 1. The van der Waals surface area contributed by atoms with Crippen LogP contribution < -0.4 is 5.32 Å². The van der Waals surface area contributed by atoms with Crippen LogP contribution in [0.25, 0.3) is 5.65 Å². The number of fused-ring (bicyclic) bond motifs is 1. The first kappa shape index (κ1) is 28.5.